The third-order valence-electron chi connectivity index (χ3n) is 5.89. The first-order valence-corrected chi connectivity index (χ1v) is 12.1. The van der Waals surface area contributed by atoms with E-state index in [9.17, 15) is 4.79 Å². The fourth-order valence-corrected chi connectivity index (χ4v) is 5.05. The molecule has 4 nitrogen and oxygen atoms in total. The molecule has 6 heteroatoms. The third-order valence-corrected chi connectivity index (χ3v) is 6.91. The van der Waals surface area contributed by atoms with E-state index in [-0.39, 0.29) is 30.7 Å². The average Bonchev–Trinajstić information content (AvgIpc) is 3.31. The van der Waals surface area contributed by atoms with Crippen molar-refractivity contribution in [3.8, 4) is 17.6 Å². The van der Waals surface area contributed by atoms with E-state index in [0.717, 1.165) is 42.9 Å². The number of hydrogen-bond acceptors (Lipinski definition) is 5. The lowest BCUT2D eigenvalue weighted by Gasteiger charge is -2.27. The fraction of sp³-hybridized carbons (Fsp3) is 0.321. The number of esters is 1. The molecular weight excluding hydrogens is 466 g/mol. The monoisotopic (exact) mass is 495 g/mol. The van der Waals surface area contributed by atoms with Crippen LogP contribution in [0.2, 0.25) is 0 Å². The van der Waals surface area contributed by atoms with Crippen LogP contribution >= 0.6 is 23.7 Å². The van der Waals surface area contributed by atoms with Gasteiger partial charge >= 0.3 is 5.97 Å². The third kappa shape index (κ3) is 6.87. The Morgan fingerprint density at radius 3 is 2.71 bits per heavy atom. The van der Waals surface area contributed by atoms with Gasteiger partial charge in [-0.15, -0.1) is 29.7 Å². The fourth-order valence-electron chi connectivity index (χ4n) is 4.16. The van der Waals surface area contributed by atoms with Crippen molar-refractivity contribution < 1.29 is 14.3 Å². The molecule has 0 aliphatic carbocycles. The molecule has 1 atom stereocenters. The lowest BCUT2D eigenvalue weighted by Crippen LogP contribution is -2.29. The van der Waals surface area contributed by atoms with Crippen LogP contribution < -0.4 is 4.74 Å². The molecule has 1 aliphatic rings. The Balaban J connectivity index is 0.00000324. The number of carbonyl (C=O) groups is 1. The number of carbonyl (C=O) groups excluding carboxylic acids is 1. The largest absolute Gasteiger partial charge is 0.489 e. The topological polar surface area (TPSA) is 38.8 Å². The van der Waals surface area contributed by atoms with E-state index in [2.05, 4.69) is 52.5 Å². The van der Waals surface area contributed by atoms with Gasteiger partial charge in [0.15, 0.2) is 0 Å². The summed E-state index contributed by atoms with van der Waals surface area (Å²) < 4.78 is 10.8. The average molecular weight is 496 g/mol. The maximum Gasteiger partial charge on any atom is 0.307 e. The Kier molecular flexibility index (Phi) is 9.59. The zero-order chi connectivity index (χ0) is 23.0. The molecule has 0 saturated carbocycles. The molecule has 2 heterocycles. The van der Waals surface area contributed by atoms with Crippen LogP contribution in [0.3, 0.4) is 0 Å². The number of benzene rings is 2. The van der Waals surface area contributed by atoms with Crippen molar-refractivity contribution in [1.82, 2.24) is 4.90 Å². The minimum Gasteiger partial charge on any atom is -0.489 e. The van der Waals surface area contributed by atoms with Gasteiger partial charge in [-0.1, -0.05) is 42.3 Å². The minimum absolute atomic E-state index is 0. The highest BCUT2D eigenvalue weighted by atomic mass is 35.5. The molecule has 3 aromatic rings. The van der Waals surface area contributed by atoms with Crippen LogP contribution in [0.15, 0.2) is 60.0 Å². The lowest BCUT2D eigenvalue weighted by atomic mass is 9.96. The van der Waals surface area contributed by atoms with Crippen LogP contribution in [-0.2, 0) is 35.6 Å². The Bertz CT molecular complexity index is 1150. The molecule has 2 aromatic carbocycles. The quantitative estimate of drug-likeness (QED) is 0.285. The first-order valence-electron chi connectivity index (χ1n) is 11.2. The van der Waals surface area contributed by atoms with Gasteiger partial charge in [-0.3, -0.25) is 9.69 Å². The first-order chi connectivity index (χ1) is 16.1. The normalized spacial score (nSPS) is 13.6. The summed E-state index contributed by atoms with van der Waals surface area (Å²) in [5, 5.41) is 2.20. The standard InChI is InChI=1S/C28H29NO3S.ClH/c1-3-5-24(17-28(30)31-2)23-8-10-26(11-9-23)32-20-22-7-4-6-21(16-22)18-29-14-12-27-25(19-29)13-15-33-27;/h4,6-11,13,15-16,24H,12,14,17-20H2,1-2H3;1H. The van der Waals surface area contributed by atoms with E-state index in [4.69, 9.17) is 9.47 Å². The van der Waals surface area contributed by atoms with Crippen LogP contribution in [0, 0.1) is 11.8 Å². The number of ether oxygens (including phenoxy) is 2. The number of hydrogen-bond donors (Lipinski definition) is 0. The van der Waals surface area contributed by atoms with Crippen LogP contribution in [0.5, 0.6) is 5.75 Å². The van der Waals surface area contributed by atoms with Gasteiger partial charge in [-0.2, -0.15) is 0 Å². The predicted octanol–water partition coefficient (Wildman–Crippen LogP) is 5.98. The SMILES string of the molecule is CC#CC(CC(=O)OC)c1ccc(OCc2cccc(CN3CCc4sccc4C3)c2)cc1.Cl. The summed E-state index contributed by atoms with van der Waals surface area (Å²) in [6.45, 7) is 5.39. The number of methoxy groups -OCH3 is 1. The van der Waals surface area contributed by atoms with Gasteiger partial charge in [0.25, 0.3) is 0 Å². The predicted molar refractivity (Wildman–Crippen MR) is 139 cm³/mol. The van der Waals surface area contributed by atoms with E-state index >= 15 is 0 Å². The summed E-state index contributed by atoms with van der Waals surface area (Å²) in [5.74, 6) is 6.36. The van der Waals surface area contributed by atoms with Crippen LogP contribution in [-0.4, -0.2) is 24.5 Å². The summed E-state index contributed by atoms with van der Waals surface area (Å²) in [6.07, 6.45) is 1.39. The van der Waals surface area contributed by atoms with Gasteiger partial charge < -0.3 is 9.47 Å². The molecule has 0 N–H and O–H groups in total. The molecule has 0 bridgehead atoms. The molecule has 34 heavy (non-hydrogen) atoms. The van der Waals surface area contributed by atoms with Gasteiger partial charge in [0, 0.05) is 24.5 Å². The van der Waals surface area contributed by atoms with Crippen molar-refractivity contribution in [2.45, 2.75) is 45.4 Å². The van der Waals surface area contributed by atoms with Crippen molar-refractivity contribution in [2.75, 3.05) is 13.7 Å². The van der Waals surface area contributed by atoms with Crippen LogP contribution in [0.25, 0.3) is 0 Å². The Labute approximate surface area is 212 Å². The summed E-state index contributed by atoms with van der Waals surface area (Å²) in [5.41, 5.74) is 4.94. The number of rotatable bonds is 8. The lowest BCUT2D eigenvalue weighted by molar-refractivity contribution is -0.140. The number of nitrogens with zero attached hydrogens (tertiary/aromatic N) is 1. The molecular formula is C28H30ClNO3S. The molecule has 4 rings (SSSR count). The molecule has 1 aromatic heterocycles. The molecule has 0 amide bonds. The summed E-state index contributed by atoms with van der Waals surface area (Å²) in [6, 6.07) is 18.7. The van der Waals surface area contributed by atoms with Crippen molar-refractivity contribution in [3.63, 3.8) is 0 Å². The minimum atomic E-state index is -0.261. The molecule has 0 fully saturated rings. The van der Waals surface area contributed by atoms with Crippen molar-refractivity contribution in [2.24, 2.45) is 0 Å². The number of thiophene rings is 1. The zero-order valence-corrected chi connectivity index (χ0v) is 21.2. The van der Waals surface area contributed by atoms with Gasteiger partial charge in [0.2, 0.25) is 0 Å². The van der Waals surface area contributed by atoms with E-state index in [1.807, 2.05) is 35.6 Å². The highest BCUT2D eigenvalue weighted by Gasteiger charge is 2.17. The second-order valence-electron chi connectivity index (χ2n) is 8.23. The summed E-state index contributed by atoms with van der Waals surface area (Å²) >= 11 is 1.88. The molecule has 0 spiro atoms. The van der Waals surface area contributed by atoms with E-state index in [1.165, 1.54) is 23.1 Å². The smallest absolute Gasteiger partial charge is 0.307 e. The van der Waals surface area contributed by atoms with Crippen molar-refractivity contribution in [3.05, 3.63) is 87.1 Å². The van der Waals surface area contributed by atoms with Gasteiger partial charge in [-0.25, -0.2) is 0 Å². The number of halogens is 1. The summed E-state index contributed by atoms with van der Waals surface area (Å²) in [7, 11) is 1.40. The van der Waals surface area contributed by atoms with Crippen LogP contribution in [0.4, 0.5) is 0 Å². The molecule has 0 saturated heterocycles. The van der Waals surface area contributed by atoms with Gasteiger partial charge in [-0.05, 0) is 59.2 Å². The second-order valence-corrected chi connectivity index (χ2v) is 9.24. The van der Waals surface area contributed by atoms with E-state index in [1.54, 1.807) is 6.92 Å². The van der Waals surface area contributed by atoms with Gasteiger partial charge in [0.1, 0.15) is 12.4 Å². The Hall–Kier alpha value is -2.78. The van der Waals surface area contributed by atoms with Gasteiger partial charge in [0.05, 0.1) is 19.4 Å². The van der Waals surface area contributed by atoms with Crippen molar-refractivity contribution >= 4 is 29.7 Å². The number of fused-ring (bicyclic) bond motifs is 1. The highest BCUT2D eigenvalue weighted by molar-refractivity contribution is 7.10. The Morgan fingerprint density at radius 1 is 1.15 bits per heavy atom. The Morgan fingerprint density at radius 2 is 1.94 bits per heavy atom. The molecule has 0 radical (unpaired) electrons. The summed E-state index contributed by atoms with van der Waals surface area (Å²) in [4.78, 5) is 15.7. The molecule has 1 aliphatic heterocycles. The first kappa shape index (κ1) is 25.8. The maximum atomic E-state index is 11.7. The van der Waals surface area contributed by atoms with Crippen LogP contribution in [0.1, 0.15) is 46.4 Å². The molecule has 1 unspecified atom stereocenters. The van der Waals surface area contributed by atoms with E-state index in [0.29, 0.717) is 6.61 Å². The van der Waals surface area contributed by atoms with Crippen molar-refractivity contribution in [1.29, 1.82) is 0 Å². The zero-order valence-electron chi connectivity index (χ0n) is 19.6. The molecule has 178 valence electrons. The van der Waals surface area contributed by atoms with E-state index < -0.39 is 0 Å². The maximum absolute atomic E-state index is 11.7. The highest BCUT2D eigenvalue weighted by Crippen LogP contribution is 2.26. The second kappa shape index (κ2) is 12.6.